The molecule has 8 heteroatoms. The molecule has 0 aliphatic rings. The zero-order valence-electron chi connectivity index (χ0n) is 19.7. The minimum Gasteiger partial charge on any atom is -0.320 e. The summed E-state index contributed by atoms with van der Waals surface area (Å²) in [4.78, 5) is 5.22. The van der Waals surface area contributed by atoms with Gasteiger partial charge in [-0.15, -0.1) is 0 Å². The fourth-order valence-corrected chi connectivity index (χ4v) is 5.01. The van der Waals surface area contributed by atoms with Crippen LogP contribution in [0.4, 0.5) is 4.39 Å². The van der Waals surface area contributed by atoms with Crippen LogP contribution >= 0.6 is 0 Å². The molecule has 5 rings (SSSR count). The Kier molecular flexibility index (Phi) is 5.76. The average Bonchev–Trinajstić information content (AvgIpc) is 3.41. The lowest BCUT2D eigenvalue weighted by Gasteiger charge is -2.19. The highest BCUT2D eigenvalue weighted by molar-refractivity contribution is 7.90. The molecule has 35 heavy (non-hydrogen) atoms. The van der Waals surface area contributed by atoms with Crippen molar-refractivity contribution in [3.63, 3.8) is 0 Å². The van der Waals surface area contributed by atoms with Crippen molar-refractivity contribution in [3.8, 4) is 11.1 Å². The highest BCUT2D eigenvalue weighted by Crippen LogP contribution is 2.31. The minimum absolute atomic E-state index is 0.102. The predicted octanol–water partition coefficient (Wildman–Crippen LogP) is 5.18. The van der Waals surface area contributed by atoms with E-state index in [9.17, 15) is 12.8 Å². The first-order chi connectivity index (χ1) is 16.7. The Balaban J connectivity index is 1.63. The first-order valence-corrected chi connectivity index (χ1v) is 13.1. The van der Waals surface area contributed by atoms with E-state index in [0.717, 1.165) is 39.1 Å². The second-order valence-electron chi connectivity index (χ2n) is 8.82. The second kappa shape index (κ2) is 8.78. The van der Waals surface area contributed by atoms with Gasteiger partial charge in [-0.3, -0.25) is 4.68 Å². The van der Waals surface area contributed by atoms with Gasteiger partial charge in [0.1, 0.15) is 11.6 Å². The number of halogens is 1. The molecule has 0 bridgehead atoms. The van der Waals surface area contributed by atoms with Crippen LogP contribution in [-0.2, 0) is 23.3 Å². The van der Waals surface area contributed by atoms with Crippen LogP contribution in [-0.4, -0.2) is 34.0 Å². The topological polar surface area (TPSA) is 69.8 Å². The lowest BCUT2D eigenvalue weighted by molar-refractivity contribution is 0.602. The number of aromatic nitrogens is 4. The molecule has 5 aromatic rings. The normalized spacial score (nSPS) is 12.8. The summed E-state index contributed by atoms with van der Waals surface area (Å²) in [6.45, 7) is 2.07. The minimum atomic E-state index is -3.26. The molecule has 2 heterocycles. The van der Waals surface area contributed by atoms with Crippen molar-refractivity contribution in [1.82, 2.24) is 19.3 Å². The molecule has 0 unspecified atom stereocenters. The van der Waals surface area contributed by atoms with Crippen molar-refractivity contribution in [3.05, 3.63) is 102 Å². The van der Waals surface area contributed by atoms with Gasteiger partial charge in [0.15, 0.2) is 9.84 Å². The van der Waals surface area contributed by atoms with E-state index in [0.29, 0.717) is 6.42 Å². The maximum absolute atomic E-state index is 13.6. The van der Waals surface area contributed by atoms with Gasteiger partial charge in [0.25, 0.3) is 0 Å². The molecular weight excluding hydrogens is 463 g/mol. The maximum atomic E-state index is 13.6. The predicted molar refractivity (Wildman–Crippen MR) is 135 cm³/mol. The van der Waals surface area contributed by atoms with Crippen LogP contribution in [0, 0.1) is 5.82 Å². The number of rotatable bonds is 6. The fourth-order valence-electron chi connectivity index (χ4n) is 4.38. The Bertz CT molecular complexity index is 1620. The summed E-state index contributed by atoms with van der Waals surface area (Å²) in [5.74, 6) is 0.564. The molecule has 0 aliphatic heterocycles. The molecule has 0 spiro atoms. The Morgan fingerprint density at radius 1 is 0.971 bits per heavy atom. The van der Waals surface area contributed by atoms with Crippen LogP contribution in [0.1, 0.15) is 29.9 Å². The summed E-state index contributed by atoms with van der Waals surface area (Å²) >= 11 is 0. The summed E-state index contributed by atoms with van der Waals surface area (Å²) in [6, 6.07) is 19.5. The molecule has 178 valence electrons. The molecule has 0 amide bonds. The molecule has 0 saturated carbocycles. The van der Waals surface area contributed by atoms with E-state index in [2.05, 4.69) is 22.7 Å². The number of hydrogen-bond donors (Lipinski definition) is 0. The molecule has 1 atom stereocenters. The Labute approximate surface area is 203 Å². The first kappa shape index (κ1) is 23.0. The monoisotopic (exact) mass is 488 g/mol. The van der Waals surface area contributed by atoms with Gasteiger partial charge in [-0.2, -0.15) is 5.10 Å². The zero-order valence-corrected chi connectivity index (χ0v) is 20.5. The van der Waals surface area contributed by atoms with E-state index in [-0.39, 0.29) is 16.8 Å². The summed E-state index contributed by atoms with van der Waals surface area (Å²) in [5.41, 5.74) is 5.77. The smallest absolute Gasteiger partial charge is 0.175 e. The third-order valence-corrected chi connectivity index (χ3v) is 7.38. The number of aryl methyl sites for hydroxylation is 1. The van der Waals surface area contributed by atoms with Crippen molar-refractivity contribution in [2.75, 3.05) is 6.26 Å². The lowest BCUT2D eigenvalue weighted by atomic mass is 10.1. The molecule has 0 aliphatic carbocycles. The quantitative estimate of drug-likeness (QED) is 0.330. The van der Waals surface area contributed by atoms with Gasteiger partial charge < -0.3 is 4.57 Å². The van der Waals surface area contributed by atoms with Gasteiger partial charge in [-0.1, -0.05) is 30.3 Å². The molecule has 0 fully saturated rings. The van der Waals surface area contributed by atoms with Gasteiger partial charge in [-0.05, 0) is 60.0 Å². The van der Waals surface area contributed by atoms with Crippen LogP contribution in [0.25, 0.3) is 22.2 Å². The van der Waals surface area contributed by atoms with E-state index >= 15 is 0 Å². The van der Waals surface area contributed by atoms with Crippen molar-refractivity contribution in [2.24, 2.45) is 7.05 Å². The number of hydrogen-bond acceptors (Lipinski definition) is 4. The van der Waals surface area contributed by atoms with Crippen LogP contribution in [0.5, 0.6) is 0 Å². The van der Waals surface area contributed by atoms with E-state index in [4.69, 9.17) is 4.98 Å². The molecular formula is C27H25FN4O2S. The van der Waals surface area contributed by atoms with Crippen LogP contribution in [0.15, 0.2) is 84.0 Å². The third-order valence-electron chi connectivity index (χ3n) is 6.25. The summed E-state index contributed by atoms with van der Waals surface area (Å²) < 4.78 is 41.2. The van der Waals surface area contributed by atoms with E-state index < -0.39 is 9.84 Å². The fraction of sp³-hybridized carbons (Fsp3) is 0.185. The number of nitrogens with zero attached hydrogens (tertiary/aromatic N) is 4. The molecule has 0 N–H and O–H groups in total. The molecule has 6 nitrogen and oxygen atoms in total. The van der Waals surface area contributed by atoms with E-state index in [1.807, 2.05) is 43.7 Å². The van der Waals surface area contributed by atoms with Crippen LogP contribution < -0.4 is 0 Å². The van der Waals surface area contributed by atoms with Crippen LogP contribution in [0.3, 0.4) is 0 Å². The molecule has 3 aromatic carbocycles. The van der Waals surface area contributed by atoms with Gasteiger partial charge >= 0.3 is 0 Å². The third kappa shape index (κ3) is 4.61. The van der Waals surface area contributed by atoms with Crippen molar-refractivity contribution in [2.45, 2.75) is 24.3 Å². The van der Waals surface area contributed by atoms with Gasteiger partial charge in [0.05, 0.1) is 28.2 Å². The van der Waals surface area contributed by atoms with E-state index in [1.165, 1.54) is 18.4 Å². The van der Waals surface area contributed by atoms with Crippen LogP contribution in [0.2, 0.25) is 0 Å². The highest BCUT2D eigenvalue weighted by Gasteiger charge is 2.19. The van der Waals surface area contributed by atoms with Gasteiger partial charge in [-0.25, -0.2) is 17.8 Å². The summed E-state index contributed by atoms with van der Waals surface area (Å²) in [5, 5.41) is 4.29. The summed E-state index contributed by atoms with van der Waals surface area (Å²) in [7, 11) is -1.38. The van der Waals surface area contributed by atoms with Crippen molar-refractivity contribution in [1.29, 1.82) is 0 Å². The molecule has 2 aromatic heterocycles. The number of imidazole rings is 1. The van der Waals surface area contributed by atoms with Crippen molar-refractivity contribution < 1.29 is 12.8 Å². The van der Waals surface area contributed by atoms with E-state index in [1.54, 1.807) is 28.9 Å². The maximum Gasteiger partial charge on any atom is 0.175 e. The Morgan fingerprint density at radius 2 is 1.69 bits per heavy atom. The van der Waals surface area contributed by atoms with Crippen molar-refractivity contribution >= 4 is 20.9 Å². The zero-order chi connectivity index (χ0) is 24.7. The first-order valence-electron chi connectivity index (χ1n) is 11.2. The number of benzene rings is 3. The van der Waals surface area contributed by atoms with Gasteiger partial charge in [0.2, 0.25) is 0 Å². The largest absolute Gasteiger partial charge is 0.320 e. The van der Waals surface area contributed by atoms with Gasteiger partial charge in [0, 0.05) is 31.5 Å². The number of sulfone groups is 1. The summed E-state index contributed by atoms with van der Waals surface area (Å²) in [6.07, 6.45) is 5.52. The highest BCUT2D eigenvalue weighted by atomic mass is 32.2. The SMILES string of the molecule is C[C@@H](c1ccc(F)cc1)n1c(Cc2ccc(S(C)(=O)=O)cc2)nc2ccc(-c3cnn(C)c3)cc21. The average molecular weight is 489 g/mol. The Hall–Kier alpha value is -3.78. The lowest BCUT2D eigenvalue weighted by Crippen LogP contribution is -2.11. The Morgan fingerprint density at radius 3 is 2.31 bits per heavy atom. The molecule has 0 radical (unpaired) electrons. The number of fused-ring (bicyclic) bond motifs is 1. The molecule has 0 saturated heterocycles. The second-order valence-corrected chi connectivity index (χ2v) is 10.8. The standard InChI is InChI=1S/C27H25FN4O2S/c1-18(20-6-9-23(28)10-7-20)32-26-15-21(22-16-29-31(2)17-22)8-13-25(26)30-27(32)14-19-4-11-24(12-5-19)35(3,33)34/h4-13,15-18H,14H2,1-3H3/t18-/m0/s1.